The first-order valence-electron chi connectivity index (χ1n) is 16.3. The van der Waals surface area contributed by atoms with Gasteiger partial charge in [0, 0.05) is 17.1 Å². The Morgan fingerprint density at radius 2 is 1.81 bits per heavy atom. The third kappa shape index (κ3) is 6.05. The molecule has 3 fully saturated rings. The first-order chi connectivity index (χ1) is 22.8. The van der Waals surface area contributed by atoms with Crippen LogP contribution >= 0.6 is 15.9 Å². The molecule has 3 unspecified atom stereocenters. The van der Waals surface area contributed by atoms with Crippen molar-refractivity contribution in [2.45, 2.75) is 60.7 Å². The standard InChI is InChI=1S/C38H41BrN2O6/c1-3-5-6-12-20-46-37(45)31-32-35(43)41(29(24-42)21-25-13-8-7-9-14-25)34(38(32)23-30(39)33(31)47-38)36(44)40(19-4-2)28-18-17-26-15-10-11-16-27(26)22-28/h3-4,7-11,13-18,22,29-34,42H,1-2,5-6,12,19-21,23-24H2/t29-,30?,31-,32+,33-,34?,38?/m1/s1. The molecule has 47 heavy (non-hydrogen) atoms. The Balaban J connectivity index is 1.41. The van der Waals surface area contributed by atoms with Crippen molar-refractivity contribution in [2.75, 3.05) is 24.7 Å². The van der Waals surface area contributed by atoms with Crippen LogP contribution in [-0.2, 0) is 30.3 Å². The molecule has 6 rings (SSSR count). The molecule has 3 aliphatic rings. The fourth-order valence-electron chi connectivity index (χ4n) is 7.75. The zero-order valence-electron chi connectivity index (χ0n) is 26.4. The Morgan fingerprint density at radius 1 is 1.06 bits per heavy atom. The van der Waals surface area contributed by atoms with Crippen LogP contribution in [0, 0.1) is 11.8 Å². The summed E-state index contributed by atoms with van der Waals surface area (Å²) in [6.45, 7) is 7.71. The van der Waals surface area contributed by atoms with E-state index in [1.54, 1.807) is 11.0 Å². The molecular weight excluding hydrogens is 660 g/mol. The summed E-state index contributed by atoms with van der Waals surface area (Å²) in [6, 6.07) is 21.5. The van der Waals surface area contributed by atoms with Crippen LogP contribution in [0.4, 0.5) is 5.69 Å². The van der Waals surface area contributed by atoms with E-state index in [2.05, 4.69) is 29.1 Å². The van der Waals surface area contributed by atoms with Gasteiger partial charge in [-0.05, 0) is 60.6 Å². The number of carbonyl (C=O) groups is 3. The van der Waals surface area contributed by atoms with Crippen molar-refractivity contribution >= 4 is 50.2 Å². The number of benzene rings is 3. The summed E-state index contributed by atoms with van der Waals surface area (Å²) in [5, 5.41) is 12.8. The number of unbranched alkanes of at least 4 members (excludes halogenated alkanes) is 2. The number of fused-ring (bicyclic) bond motifs is 2. The molecule has 3 aromatic carbocycles. The SMILES string of the molecule is C=CCCCCOC(=O)[C@H]1[C@@H]2OC3(CC2Br)C(C(=O)N(CC=C)c2ccc4ccccc4c2)N([C@@H](CO)Cc2ccccc2)C(=O)[C@H]13. The molecule has 0 radical (unpaired) electrons. The fourth-order valence-corrected chi connectivity index (χ4v) is 8.69. The molecule has 1 spiro atoms. The van der Waals surface area contributed by atoms with E-state index in [4.69, 9.17) is 9.47 Å². The number of anilines is 1. The number of aliphatic hydroxyl groups excluding tert-OH is 1. The second-order valence-corrected chi connectivity index (χ2v) is 13.8. The molecule has 1 N–H and O–H groups in total. The van der Waals surface area contributed by atoms with Crippen LogP contribution in [0.1, 0.15) is 31.2 Å². The number of halogens is 1. The summed E-state index contributed by atoms with van der Waals surface area (Å²) in [5.41, 5.74) is 0.277. The zero-order chi connectivity index (χ0) is 33.1. The third-order valence-electron chi connectivity index (χ3n) is 9.82. The lowest BCUT2D eigenvalue weighted by molar-refractivity contribution is -0.155. The number of ether oxygens (including phenoxy) is 2. The van der Waals surface area contributed by atoms with Gasteiger partial charge in [-0.3, -0.25) is 14.4 Å². The molecule has 0 saturated carbocycles. The normalized spacial score (nSPS) is 26.6. The lowest BCUT2D eigenvalue weighted by atomic mass is 9.70. The van der Waals surface area contributed by atoms with Gasteiger partial charge in [-0.25, -0.2) is 0 Å². The zero-order valence-corrected chi connectivity index (χ0v) is 28.0. The number of alkyl halides is 1. The van der Waals surface area contributed by atoms with Crippen molar-refractivity contribution in [1.29, 1.82) is 0 Å². The Hall–Kier alpha value is -3.79. The third-order valence-corrected chi connectivity index (χ3v) is 10.7. The van der Waals surface area contributed by atoms with Crippen molar-refractivity contribution in [1.82, 2.24) is 4.90 Å². The molecule has 0 aliphatic carbocycles. The Bertz CT molecular complexity index is 1650. The molecule has 2 bridgehead atoms. The molecule has 3 heterocycles. The van der Waals surface area contributed by atoms with E-state index in [0.717, 1.165) is 29.2 Å². The van der Waals surface area contributed by atoms with Gasteiger partial charge >= 0.3 is 5.97 Å². The highest BCUT2D eigenvalue weighted by Crippen LogP contribution is 2.61. The number of esters is 1. The first-order valence-corrected chi connectivity index (χ1v) is 17.2. The van der Waals surface area contributed by atoms with Gasteiger partial charge in [-0.2, -0.15) is 0 Å². The second-order valence-electron chi connectivity index (χ2n) is 12.7. The van der Waals surface area contributed by atoms with Crippen LogP contribution in [0.2, 0.25) is 0 Å². The van der Waals surface area contributed by atoms with Crippen LogP contribution in [-0.4, -0.2) is 76.2 Å². The van der Waals surface area contributed by atoms with Gasteiger partial charge < -0.3 is 24.4 Å². The van der Waals surface area contributed by atoms with Crippen LogP contribution in [0.25, 0.3) is 10.8 Å². The van der Waals surface area contributed by atoms with Crippen molar-refractivity contribution < 1.29 is 29.0 Å². The molecule has 3 aromatic rings. The Labute approximate surface area is 284 Å². The van der Waals surface area contributed by atoms with Gasteiger partial charge in [0.1, 0.15) is 11.6 Å². The summed E-state index contributed by atoms with van der Waals surface area (Å²) in [5.74, 6) is -3.02. The van der Waals surface area contributed by atoms with Crippen molar-refractivity contribution in [3.63, 3.8) is 0 Å². The number of hydrogen-bond acceptors (Lipinski definition) is 6. The van der Waals surface area contributed by atoms with Gasteiger partial charge in [0.2, 0.25) is 5.91 Å². The molecular formula is C38H41BrN2O6. The van der Waals surface area contributed by atoms with Crippen LogP contribution in [0.15, 0.2) is 98.1 Å². The minimum Gasteiger partial charge on any atom is -0.465 e. The lowest BCUT2D eigenvalue weighted by Crippen LogP contribution is -2.59. The molecule has 8 nitrogen and oxygen atoms in total. The van der Waals surface area contributed by atoms with E-state index in [-0.39, 0.29) is 36.4 Å². The van der Waals surface area contributed by atoms with Crippen LogP contribution in [0.3, 0.4) is 0 Å². The van der Waals surface area contributed by atoms with Gasteiger partial charge in [0.15, 0.2) is 0 Å². The number of carbonyl (C=O) groups excluding carboxylic acids is 3. The highest BCUT2D eigenvalue weighted by Gasteiger charge is 2.77. The molecule has 3 aliphatic heterocycles. The van der Waals surface area contributed by atoms with Crippen LogP contribution in [0.5, 0.6) is 0 Å². The molecule has 7 atom stereocenters. The minimum absolute atomic E-state index is 0.191. The number of aliphatic hydroxyl groups is 1. The summed E-state index contributed by atoms with van der Waals surface area (Å²) >= 11 is 3.74. The average Bonchev–Trinajstić information content (AvgIpc) is 3.69. The highest BCUT2D eigenvalue weighted by molar-refractivity contribution is 9.09. The predicted octanol–water partition coefficient (Wildman–Crippen LogP) is 5.61. The van der Waals surface area contributed by atoms with Crippen molar-refractivity contribution in [2.24, 2.45) is 11.8 Å². The predicted molar refractivity (Wildman–Crippen MR) is 185 cm³/mol. The smallest absolute Gasteiger partial charge is 0.312 e. The Morgan fingerprint density at radius 3 is 2.53 bits per heavy atom. The summed E-state index contributed by atoms with van der Waals surface area (Å²) in [6.07, 6.45) is 5.87. The number of nitrogens with zero attached hydrogens (tertiary/aromatic N) is 2. The van der Waals surface area contributed by atoms with E-state index >= 15 is 4.79 Å². The summed E-state index contributed by atoms with van der Waals surface area (Å²) < 4.78 is 12.4. The highest BCUT2D eigenvalue weighted by atomic mass is 79.9. The van der Waals surface area contributed by atoms with Gasteiger partial charge in [0.05, 0.1) is 37.2 Å². The summed E-state index contributed by atoms with van der Waals surface area (Å²) in [7, 11) is 0. The van der Waals surface area contributed by atoms with E-state index in [1.807, 2.05) is 78.9 Å². The van der Waals surface area contributed by atoms with E-state index in [1.165, 1.54) is 4.90 Å². The molecule has 0 aromatic heterocycles. The maximum atomic E-state index is 15.1. The quantitative estimate of drug-likeness (QED) is 0.102. The van der Waals surface area contributed by atoms with E-state index in [9.17, 15) is 14.7 Å². The Kier molecular flexibility index (Phi) is 9.96. The maximum Gasteiger partial charge on any atom is 0.312 e. The lowest BCUT2D eigenvalue weighted by Gasteiger charge is -2.39. The molecule has 9 heteroatoms. The molecule has 2 amide bonds. The number of likely N-dealkylation sites (tertiary alicyclic amines) is 1. The number of hydrogen-bond donors (Lipinski definition) is 1. The van der Waals surface area contributed by atoms with Gasteiger partial charge in [-0.1, -0.05) is 88.7 Å². The number of amides is 2. The van der Waals surface area contributed by atoms with Gasteiger partial charge in [-0.15, -0.1) is 13.2 Å². The monoisotopic (exact) mass is 700 g/mol. The van der Waals surface area contributed by atoms with Crippen LogP contribution < -0.4 is 4.90 Å². The van der Waals surface area contributed by atoms with Crippen molar-refractivity contribution in [3.8, 4) is 0 Å². The second kappa shape index (κ2) is 14.1. The maximum absolute atomic E-state index is 15.1. The average molecular weight is 702 g/mol. The molecule has 3 saturated heterocycles. The van der Waals surface area contributed by atoms with E-state index < -0.39 is 41.6 Å². The summed E-state index contributed by atoms with van der Waals surface area (Å²) in [4.78, 5) is 46.4. The topological polar surface area (TPSA) is 96.4 Å². The molecule has 246 valence electrons. The number of allylic oxidation sites excluding steroid dienone is 1. The number of rotatable bonds is 14. The van der Waals surface area contributed by atoms with Gasteiger partial charge in [0.25, 0.3) is 5.91 Å². The minimum atomic E-state index is -1.29. The van der Waals surface area contributed by atoms with Crippen molar-refractivity contribution in [3.05, 3.63) is 104 Å². The van der Waals surface area contributed by atoms with E-state index in [0.29, 0.717) is 24.9 Å². The first kappa shape index (κ1) is 33.1. The largest absolute Gasteiger partial charge is 0.465 e. The fraction of sp³-hybridized carbons (Fsp3) is 0.395.